The third kappa shape index (κ3) is 7.44. The van der Waals surface area contributed by atoms with Crippen LogP contribution in [0.2, 0.25) is 0 Å². The van der Waals surface area contributed by atoms with Crippen LogP contribution >= 0.6 is 12.6 Å². The SMILES string of the molecule is CC(C)C(NC(=O)C(N)C(C)O)C(=O)NC(Cc1c[nH]c2ccccc12)C(=O)NC(CS)C(=O)O. The van der Waals surface area contributed by atoms with Crippen LogP contribution < -0.4 is 21.7 Å². The number of carboxylic acids is 1. The second-order valence-corrected chi connectivity index (χ2v) is 9.07. The maximum absolute atomic E-state index is 13.2. The van der Waals surface area contributed by atoms with E-state index in [1.165, 1.54) is 6.92 Å². The van der Waals surface area contributed by atoms with E-state index in [9.17, 15) is 29.4 Å². The molecule has 0 saturated heterocycles. The van der Waals surface area contributed by atoms with Crippen molar-refractivity contribution in [2.45, 2.75) is 57.5 Å². The summed E-state index contributed by atoms with van der Waals surface area (Å²) in [5.74, 6) is -3.85. The first-order valence-corrected chi connectivity index (χ1v) is 11.8. The summed E-state index contributed by atoms with van der Waals surface area (Å²) in [5, 5.41) is 27.3. The molecule has 0 spiro atoms. The van der Waals surface area contributed by atoms with Crippen molar-refractivity contribution in [3.05, 3.63) is 36.0 Å². The Balaban J connectivity index is 2.30. The summed E-state index contributed by atoms with van der Waals surface area (Å²) in [4.78, 5) is 53.1. The van der Waals surface area contributed by atoms with Crippen LogP contribution in [0.15, 0.2) is 30.5 Å². The molecule has 1 aromatic carbocycles. The molecule has 0 bridgehead atoms. The number of fused-ring (bicyclic) bond motifs is 1. The van der Waals surface area contributed by atoms with Crippen molar-refractivity contribution in [3.8, 4) is 0 Å². The van der Waals surface area contributed by atoms with Gasteiger partial charge in [0.15, 0.2) is 0 Å². The third-order valence-corrected chi connectivity index (χ3v) is 5.96. The molecule has 2 aromatic rings. The highest BCUT2D eigenvalue weighted by molar-refractivity contribution is 7.80. The third-order valence-electron chi connectivity index (χ3n) is 5.60. The number of carbonyl (C=O) groups excluding carboxylic acids is 3. The van der Waals surface area contributed by atoms with E-state index in [0.717, 1.165) is 16.5 Å². The molecule has 35 heavy (non-hydrogen) atoms. The van der Waals surface area contributed by atoms with E-state index in [1.54, 1.807) is 20.0 Å². The molecule has 12 heteroatoms. The number of nitrogens with one attached hydrogen (secondary N) is 4. The number of aromatic amines is 1. The van der Waals surface area contributed by atoms with Crippen molar-refractivity contribution < 1.29 is 29.4 Å². The number of nitrogens with two attached hydrogens (primary N) is 1. The Morgan fingerprint density at radius 3 is 2.20 bits per heavy atom. The van der Waals surface area contributed by atoms with E-state index < -0.39 is 54.0 Å². The van der Waals surface area contributed by atoms with Gasteiger partial charge < -0.3 is 36.9 Å². The van der Waals surface area contributed by atoms with E-state index in [-0.39, 0.29) is 18.1 Å². The number of benzene rings is 1. The smallest absolute Gasteiger partial charge is 0.327 e. The van der Waals surface area contributed by atoms with Crippen molar-refractivity contribution in [2.75, 3.05) is 5.75 Å². The number of hydrogen-bond donors (Lipinski definition) is 8. The number of hydrogen-bond acceptors (Lipinski definition) is 7. The molecule has 1 heterocycles. The predicted octanol–water partition coefficient (Wildman–Crippen LogP) is -0.457. The number of amides is 3. The summed E-state index contributed by atoms with van der Waals surface area (Å²) >= 11 is 3.97. The zero-order valence-electron chi connectivity index (χ0n) is 19.8. The lowest BCUT2D eigenvalue weighted by Crippen LogP contribution is -2.59. The molecule has 0 aliphatic rings. The highest BCUT2D eigenvalue weighted by Crippen LogP contribution is 2.19. The Morgan fingerprint density at radius 2 is 1.63 bits per heavy atom. The summed E-state index contributed by atoms with van der Waals surface area (Å²) in [6.45, 7) is 4.76. The molecule has 8 N–H and O–H groups in total. The summed E-state index contributed by atoms with van der Waals surface area (Å²) in [7, 11) is 0. The number of aliphatic carboxylic acids is 1. The monoisotopic (exact) mass is 507 g/mol. The number of thiol groups is 1. The van der Waals surface area contributed by atoms with Crippen LogP contribution in [0.1, 0.15) is 26.3 Å². The van der Waals surface area contributed by atoms with Gasteiger partial charge in [0.25, 0.3) is 0 Å². The minimum atomic E-state index is -1.26. The van der Waals surface area contributed by atoms with Crippen LogP contribution in [-0.4, -0.2) is 74.9 Å². The molecule has 192 valence electrons. The van der Waals surface area contributed by atoms with Gasteiger partial charge in [-0.05, 0) is 24.5 Å². The first-order valence-electron chi connectivity index (χ1n) is 11.2. The second kappa shape index (κ2) is 12.6. The Morgan fingerprint density at radius 1 is 1.00 bits per heavy atom. The van der Waals surface area contributed by atoms with E-state index in [1.807, 2.05) is 24.3 Å². The fourth-order valence-corrected chi connectivity index (χ4v) is 3.70. The number of H-pyrrole nitrogens is 1. The van der Waals surface area contributed by atoms with Crippen LogP contribution in [0.3, 0.4) is 0 Å². The summed E-state index contributed by atoms with van der Waals surface area (Å²) < 4.78 is 0. The molecular formula is C23H33N5O6S. The number of para-hydroxylation sites is 1. The molecule has 0 radical (unpaired) electrons. The van der Waals surface area contributed by atoms with Crippen molar-refractivity contribution in [2.24, 2.45) is 11.7 Å². The minimum Gasteiger partial charge on any atom is -0.480 e. The lowest BCUT2D eigenvalue weighted by atomic mass is 10.00. The van der Waals surface area contributed by atoms with Gasteiger partial charge in [-0.1, -0.05) is 32.0 Å². The van der Waals surface area contributed by atoms with E-state index in [4.69, 9.17) is 5.73 Å². The van der Waals surface area contributed by atoms with Crippen molar-refractivity contribution >= 4 is 47.2 Å². The number of carboxylic acid groups (broad SMARTS) is 1. The molecule has 2 rings (SSSR count). The van der Waals surface area contributed by atoms with Gasteiger partial charge >= 0.3 is 5.97 Å². The second-order valence-electron chi connectivity index (χ2n) is 8.70. The molecular weight excluding hydrogens is 474 g/mol. The van der Waals surface area contributed by atoms with Crippen LogP contribution in [-0.2, 0) is 25.6 Å². The number of aliphatic hydroxyl groups is 1. The summed E-state index contributed by atoms with van der Waals surface area (Å²) in [5.41, 5.74) is 7.25. The molecule has 0 saturated carbocycles. The van der Waals surface area contributed by atoms with Gasteiger partial charge in [-0.2, -0.15) is 12.6 Å². The highest BCUT2D eigenvalue weighted by Gasteiger charge is 2.32. The largest absolute Gasteiger partial charge is 0.480 e. The van der Waals surface area contributed by atoms with Gasteiger partial charge in [0, 0.05) is 29.3 Å². The Bertz CT molecular complexity index is 1060. The van der Waals surface area contributed by atoms with Crippen molar-refractivity contribution in [3.63, 3.8) is 0 Å². The highest BCUT2D eigenvalue weighted by atomic mass is 32.1. The van der Waals surface area contributed by atoms with Gasteiger partial charge in [-0.3, -0.25) is 14.4 Å². The standard InChI is InChI=1S/C23H33N5O6S/c1-11(2)19(28-21(31)18(24)12(3)29)22(32)26-16(20(30)27-17(10-35)23(33)34)8-13-9-25-15-7-5-4-6-14(13)15/h4-7,9,11-12,16-19,25,29,35H,8,10,24H2,1-3H3,(H,26,32)(H,27,30)(H,28,31)(H,33,34). The number of aliphatic hydroxyl groups excluding tert-OH is 1. The number of carbonyl (C=O) groups is 4. The van der Waals surface area contributed by atoms with Crippen LogP contribution in [0.4, 0.5) is 0 Å². The summed E-state index contributed by atoms with van der Waals surface area (Å²) in [6.07, 6.45) is 0.653. The van der Waals surface area contributed by atoms with Crippen LogP contribution in [0.5, 0.6) is 0 Å². The Hall–Kier alpha value is -3.09. The quantitative estimate of drug-likeness (QED) is 0.179. The maximum Gasteiger partial charge on any atom is 0.327 e. The van der Waals surface area contributed by atoms with Crippen LogP contribution in [0.25, 0.3) is 10.9 Å². The fourth-order valence-electron chi connectivity index (χ4n) is 3.45. The average Bonchev–Trinajstić information content (AvgIpc) is 3.21. The first-order chi connectivity index (χ1) is 16.5. The zero-order valence-corrected chi connectivity index (χ0v) is 20.7. The maximum atomic E-state index is 13.2. The molecule has 11 nitrogen and oxygen atoms in total. The molecule has 1 aromatic heterocycles. The minimum absolute atomic E-state index is 0.0620. The van der Waals surface area contributed by atoms with E-state index in [0.29, 0.717) is 0 Å². The van der Waals surface area contributed by atoms with Gasteiger partial charge in [0.05, 0.1) is 6.10 Å². The predicted molar refractivity (Wildman–Crippen MR) is 134 cm³/mol. The zero-order chi connectivity index (χ0) is 26.3. The van der Waals surface area contributed by atoms with Crippen molar-refractivity contribution in [1.29, 1.82) is 0 Å². The lowest BCUT2D eigenvalue weighted by molar-refractivity contribution is -0.141. The molecule has 0 aliphatic carbocycles. The lowest BCUT2D eigenvalue weighted by Gasteiger charge is -2.27. The van der Waals surface area contributed by atoms with Gasteiger partial charge in [-0.15, -0.1) is 0 Å². The van der Waals surface area contributed by atoms with E-state index >= 15 is 0 Å². The van der Waals surface area contributed by atoms with Crippen LogP contribution in [0, 0.1) is 5.92 Å². The van der Waals surface area contributed by atoms with Gasteiger partial charge in [0.2, 0.25) is 17.7 Å². The fraction of sp³-hybridized carbons (Fsp3) is 0.478. The Labute approximate surface area is 208 Å². The first kappa shape index (κ1) is 28.1. The van der Waals surface area contributed by atoms with Gasteiger partial charge in [-0.25, -0.2) is 4.79 Å². The average molecular weight is 508 g/mol. The molecule has 0 aliphatic heterocycles. The molecule has 5 unspecified atom stereocenters. The topological polar surface area (TPSA) is 187 Å². The molecule has 0 fully saturated rings. The summed E-state index contributed by atoms with van der Waals surface area (Å²) in [6, 6.07) is 2.73. The number of rotatable bonds is 12. The molecule has 5 atom stereocenters. The Kier molecular flexibility index (Phi) is 10.1. The normalized spacial score (nSPS) is 15.6. The van der Waals surface area contributed by atoms with Gasteiger partial charge in [0.1, 0.15) is 24.2 Å². The number of aromatic nitrogens is 1. The van der Waals surface area contributed by atoms with Crippen molar-refractivity contribution in [1.82, 2.24) is 20.9 Å². The molecule has 3 amide bonds. The van der Waals surface area contributed by atoms with E-state index in [2.05, 4.69) is 33.6 Å².